The fourth-order valence-electron chi connectivity index (χ4n) is 1.37. The zero-order chi connectivity index (χ0) is 14.5. The molecule has 10 heteroatoms. The summed E-state index contributed by atoms with van der Waals surface area (Å²) < 4.78 is 14.7. The zero-order valence-electron chi connectivity index (χ0n) is 10.8. The van der Waals surface area contributed by atoms with Crippen LogP contribution in [0.25, 0.3) is 5.65 Å². The topological polar surface area (TPSA) is 108 Å². The van der Waals surface area contributed by atoms with E-state index in [4.69, 9.17) is 9.47 Å². The number of aromatic nitrogens is 4. The Balaban J connectivity index is 2.50. The summed E-state index contributed by atoms with van der Waals surface area (Å²) >= 11 is 0.877. The zero-order valence-corrected chi connectivity index (χ0v) is 11.6. The Morgan fingerprint density at radius 3 is 2.80 bits per heavy atom. The second-order valence-electron chi connectivity index (χ2n) is 3.37. The lowest BCUT2D eigenvalue weighted by Gasteiger charge is -1.97. The predicted molar refractivity (Wildman–Crippen MR) is 67.2 cm³/mol. The maximum Gasteiger partial charge on any atom is 0.436 e. The number of ether oxygens (including phenoxy) is 2. The van der Waals surface area contributed by atoms with E-state index >= 15 is 0 Å². The molecule has 0 unspecified atom stereocenters. The van der Waals surface area contributed by atoms with Crippen LogP contribution in [-0.4, -0.2) is 44.2 Å². The van der Waals surface area contributed by atoms with Crippen molar-refractivity contribution in [3.05, 3.63) is 16.8 Å². The maximum atomic E-state index is 11.7. The van der Waals surface area contributed by atoms with Crippen molar-refractivity contribution in [1.29, 1.82) is 0 Å². The fraction of sp³-hybridized carbons (Fsp3) is 0.400. The van der Waals surface area contributed by atoms with Gasteiger partial charge in [0.1, 0.15) is 6.33 Å². The van der Waals surface area contributed by atoms with Crippen molar-refractivity contribution in [2.45, 2.75) is 13.8 Å². The highest BCUT2D eigenvalue weighted by molar-refractivity contribution is 7.02. The van der Waals surface area contributed by atoms with Crippen LogP contribution in [0.5, 0.6) is 0 Å². The summed E-state index contributed by atoms with van der Waals surface area (Å²) in [4.78, 5) is 30.8. The first-order chi connectivity index (χ1) is 9.67. The van der Waals surface area contributed by atoms with E-state index in [1.807, 2.05) is 0 Å². The number of hydrogen-bond donors (Lipinski definition) is 0. The van der Waals surface area contributed by atoms with Crippen LogP contribution in [0.1, 0.15) is 24.3 Å². The highest BCUT2D eigenvalue weighted by Gasteiger charge is 2.17. The monoisotopic (exact) mass is 297 g/mol. The summed E-state index contributed by atoms with van der Waals surface area (Å²) in [5.41, 5.74) is 0.192. The largest absolute Gasteiger partial charge is 0.461 e. The lowest BCUT2D eigenvalue weighted by molar-refractivity contribution is 0.0522. The molecule has 9 nitrogen and oxygen atoms in total. The summed E-state index contributed by atoms with van der Waals surface area (Å²) in [5, 5.41) is 3.81. The van der Waals surface area contributed by atoms with Crippen molar-refractivity contribution in [1.82, 2.24) is 19.0 Å². The standard InChI is InChI=1S/C10H11N5O4S/c1-3-18-8(16)6-7-13-14-20-9(15(7)5-11-6)12-10(17)19-4-2/h5H,3-4H2,1-2H3. The van der Waals surface area contributed by atoms with E-state index in [1.54, 1.807) is 13.8 Å². The van der Waals surface area contributed by atoms with Gasteiger partial charge in [-0.3, -0.25) is 4.40 Å². The first kappa shape index (κ1) is 14.1. The molecule has 0 fully saturated rings. The Morgan fingerprint density at radius 1 is 1.35 bits per heavy atom. The van der Waals surface area contributed by atoms with Gasteiger partial charge in [-0.25, -0.2) is 14.6 Å². The maximum absolute atomic E-state index is 11.7. The van der Waals surface area contributed by atoms with Crippen LogP contribution < -0.4 is 4.80 Å². The molecule has 0 aliphatic rings. The van der Waals surface area contributed by atoms with Gasteiger partial charge in [-0.2, -0.15) is 0 Å². The van der Waals surface area contributed by atoms with Crippen molar-refractivity contribution in [2.24, 2.45) is 4.99 Å². The molecule has 1 amide bonds. The van der Waals surface area contributed by atoms with Crippen LogP contribution >= 0.6 is 11.5 Å². The molecule has 0 saturated heterocycles. The molecule has 0 spiro atoms. The highest BCUT2D eigenvalue weighted by atomic mass is 32.1. The van der Waals surface area contributed by atoms with Gasteiger partial charge in [-0.1, -0.05) is 4.49 Å². The van der Waals surface area contributed by atoms with E-state index in [2.05, 4.69) is 19.6 Å². The number of amides is 1. The van der Waals surface area contributed by atoms with Gasteiger partial charge in [0.2, 0.25) is 4.80 Å². The van der Waals surface area contributed by atoms with E-state index in [0.29, 0.717) is 0 Å². The molecule has 20 heavy (non-hydrogen) atoms. The third kappa shape index (κ3) is 2.79. The van der Waals surface area contributed by atoms with Gasteiger partial charge >= 0.3 is 12.1 Å². The number of carbonyl (C=O) groups excluding carboxylic acids is 2. The van der Waals surface area contributed by atoms with Crippen LogP contribution in [0, 0.1) is 0 Å². The van der Waals surface area contributed by atoms with Crippen molar-refractivity contribution < 1.29 is 19.1 Å². The van der Waals surface area contributed by atoms with Gasteiger partial charge < -0.3 is 9.47 Å². The molecule has 0 radical (unpaired) electrons. The first-order valence-corrected chi connectivity index (χ1v) is 6.53. The third-order valence-electron chi connectivity index (χ3n) is 2.13. The van der Waals surface area contributed by atoms with E-state index in [1.165, 1.54) is 10.7 Å². The third-order valence-corrected chi connectivity index (χ3v) is 2.74. The van der Waals surface area contributed by atoms with Gasteiger partial charge in [-0.15, -0.1) is 10.1 Å². The molecular weight excluding hydrogens is 286 g/mol. The quantitative estimate of drug-likeness (QED) is 0.755. The number of esters is 1. The number of imidazole rings is 1. The molecule has 0 atom stereocenters. The minimum atomic E-state index is -0.746. The molecule has 2 aromatic rings. The summed E-state index contributed by atoms with van der Waals surface area (Å²) in [7, 11) is 0. The van der Waals surface area contributed by atoms with E-state index < -0.39 is 12.1 Å². The number of carbonyl (C=O) groups is 2. The van der Waals surface area contributed by atoms with Crippen LogP contribution in [0.3, 0.4) is 0 Å². The van der Waals surface area contributed by atoms with Crippen LogP contribution in [-0.2, 0) is 9.47 Å². The molecule has 0 aliphatic carbocycles. The summed E-state index contributed by atoms with van der Waals surface area (Å²) in [6.07, 6.45) is 0.578. The molecule has 106 valence electrons. The Morgan fingerprint density at radius 2 is 2.10 bits per heavy atom. The minimum absolute atomic E-state index is 0.0208. The van der Waals surface area contributed by atoms with Gasteiger partial charge in [0.15, 0.2) is 11.3 Å². The molecule has 0 bridgehead atoms. The number of fused-ring (bicyclic) bond motifs is 1. The Bertz CT molecular complexity index is 707. The van der Waals surface area contributed by atoms with Crippen LogP contribution in [0.4, 0.5) is 4.79 Å². The van der Waals surface area contributed by atoms with E-state index in [0.717, 1.165) is 11.5 Å². The average molecular weight is 297 g/mol. The molecule has 0 N–H and O–H groups in total. The number of hydrogen-bond acceptors (Lipinski definition) is 8. The molecule has 0 aromatic carbocycles. The Hall–Kier alpha value is -2.36. The number of nitrogens with zero attached hydrogens (tertiary/aromatic N) is 5. The molecule has 2 aromatic heterocycles. The summed E-state index contributed by atoms with van der Waals surface area (Å²) in [5.74, 6) is -0.609. The second kappa shape index (κ2) is 6.19. The van der Waals surface area contributed by atoms with Crippen molar-refractivity contribution in [2.75, 3.05) is 13.2 Å². The lowest BCUT2D eigenvalue weighted by atomic mass is 10.4. The fourth-order valence-corrected chi connectivity index (χ4v) is 1.90. The number of rotatable bonds is 3. The van der Waals surface area contributed by atoms with Crippen molar-refractivity contribution >= 4 is 29.2 Å². The molecular formula is C10H11N5O4S. The van der Waals surface area contributed by atoms with Crippen LogP contribution in [0.15, 0.2) is 11.3 Å². The van der Waals surface area contributed by atoms with E-state index in [-0.39, 0.29) is 29.4 Å². The second-order valence-corrected chi connectivity index (χ2v) is 4.08. The van der Waals surface area contributed by atoms with Crippen molar-refractivity contribution in [3.63, 3.8) is 0 Å². The van der Waals surface area contributed by atoms with Gasteiger partial charge in [-0.05, 0) is 13.8 Å². The molecule has 2 rings (SSSR count). The summed E-state index contributed by atoms with van der Waals surface area (Å²) in [6.45, 7) is 3.80. The SMILES string of the molecule is CCOC(=O)N=c1snnc2c(C(=O)OCC)ncn12. The molecule has 2 heterocycles. The Kier molecular flexibility index (Phi) is 4.35. The van der Waals surface area contributed by atoms with E-state index in [9.17, 15) is 9.59 Å². The van der Waals surface area contributed by atoms with Gasteiger partial charge in [0.25, 0.3) is 0 Å². The normalized spacial score (nSPS) is 11.6. The van der Waals surface area contributed by atoms with Gasteiger partial charge in [0, 0.05) is 11.5 Å². The smallest absolute Gasteiger partial charge is 0.436 e. The van der Waals surface area contributed by atoms with Crippen molar-refractivity contribution in [3.8, 4) is 0 Å². The molecule has 0 saturated carbocycles. The summed E-state index contributed by atoms with van der Waals surface area (Å²) in [6, 6.07) is 0. The van der Waals surface area contributed by atoms with Gasteiger partial charge in [0.05, 0.1) is 13.2 Å². The molecule has 0 aliphatic heterocycles. The lowest BCUT2D eigenvalue weighted by Crippen LogP contribution is -2.16. The average Bonchev–Trinajstić information content (AvgIpc) is 2.84. The Labute approximate surface area is 117 Å². The highest BCUT2D eigenvalue weighted by Crippen LogP contribution is 2.05. The minimum Gasteiger partial charge on any atom is -0.461 e. The first-order valence-electron chi connectivity index (χ1n) is 5.75. The predicted octanol–water partition coefficient (Wildman–Crippen LogP) is 0.420. The van der Waals surface area contributed by atoms with Crippen LogP contribution in [0.2, 0.25) is 0 Å².